The zero-order valence-electron chi connectivity index (χ0n) is 22.5. The molecule has 4 aromatic carbocycles. The summed E-state index contributed by atoms with van der Waals surface area (Å²) in [5, 5.41) is 14.1. The lowest BCUT2D eigenvalue weighted by molar-refractivity contribution is 0.459. The van der Waals surface area contributed by atoms with Crippen LogP contribution in [0.15, 0.2) is 103 Å². The summed E-state index contributed by atoms with van der Waals surface area (Å²) < 4.78 is 8.50. The molecule has 0 aliphatic carbocycles. The SMILES string of the molecule is Cc1ccnc(-n2c3cc(C)ccc3c3ccc(Oc4ccc5c(-c6ccccc6)cc(C)c(O)c5n4)cc32)c1. The second-order valence-corrected chi connectivity index (χ2v) is 10.3. The minimum absolute atomic E-state index is 0.164. The van der Waals surface area contributed by atoms with Crippen LogP contribution in [0.4, 0.5) is 0 Å². The van der Waals surface area contributed by atoms with E-state index >= 15 is 0 Å². The third kappa shape index (κ3) is 3.95. The Morgan fingerprint density at radius 2 is 1.43 bits per heavy atom. The van der Waals surface area contributed by atoms with Crippen molar-refractivity contribution in [1.82, 2.24) is 14.5 Å². The van der Waals surface area contributed by atoms with Crippen LogP contribution in [0.3, 0.4) is 0 Å². The van der Waals surface area contributed by atoms with Gasteiger partial charge in [-0.3, -0.25) is 4.57 Å². The highest BCUT2D eigenvalue weighted by Gasteiger charge is 2.16. The molecule has 0 unspecified atom stereocenters. The summed E-state index contributed by atoms with van der Waals surface area (Å²) in [6, 6.07) is 32.7. The largest absolute Gasteiger partial charge is 0.505 e. The fraction of sp³-hybridized carbons (Fsp3) is 0.0857. The molecule has 194 valence electrons. The maximum Gasteiger partial charge on any atom is 0.219 e. The average molecular weight is 522 g/mol. The van der Waals surface area contributed by atoms with E-state index in [1.54, 1.807) is 0 Å². The van der Waals surface area contributed by atoms with Gasteiger partial charge in [-0.1, -0.05) is 42.5 Å². The Morgan fingerprint density at radius 1 is 0.700 bits per heavy atom. The zero-order chi connectivity index (χ0) is 27.4. The van der Waals surface area contributed by atoms with E-state index in [0.29, 0.717) is 17.1 Å². The molecular weight excluding hydrogens is 494 g/mol. The Labute approximate surface area is 232 Å². The fourth-order valence-corrected chi connectivity index (χ4v) is 5.48. The summed E-state index contributed by atoms with van der Waals surface area (Å²) in [4.78, 5) is 9.45. The average Bonchev–Trinajstić information content (AvgIpc) is 3.28. The molecule has 0 aliphatic heterocycles. The van der Waals surface area contributed by atoms with Crippen molar-refractivity contribution in [1.29, 1.82) is 0 Å². The molecule has 7 rings (SSSR count). The third-order valence-electron chi connectivity index (χ3n) is 7.45. The first kappa shape index (κ1) is 23.9. The van der Waals surface area contributed by atoms with Crippen molar-refractivity contribution in [3.05, 3.63) is 120 Å². The number of aromatic hydroxyl groups is 1. The van der Waals surface area contributed by atoms with Crippen LogP contribution >= 0.6 is 0 Å². The van der Waals surface area contributed by atoms with Crippen molar-refractivity contribution in [3.63, 3.8) is 0 Å². The van der Waals surface area contributed by atoms with E-state index in [0.717, 1.165) is 55.3 Å². The van der Waals surface area contributed by atoms with Crippen molar-refractivity contribution in [2.24, 2.45) is 0 Å². The molecule has 3 heterocycles. The van der Waals surface area contributed by atoms with Gasteiger partial charge in [-0.25, -0.2) is 9.97 Å². The standard InChI is InChI=1S/C35H27N3O2/c1-21-9-11-26-27-12-10-25(20-31(27)38(30(26)17-21)32-18-22(2)15-16-36-32)40-33-14-13-28-29(24-7-5-4-6-8-24)19-23(3)35(39)34(28)37-33/h4-20,39H,1-3H3. The van der Waals surface area contributed by atoms with Crippen molar-refractivity contribution in [2.45, 2.75) is 20.8 Å². The van der Waals surface area contributed by atoms with Gasteiger partial charge in [0.25, 0.3) is 0 Å². The molecule has 0 radical (unpaired) electrons. The Balaban J connectivity index is 1.36. The second kappa shape index (κ2) is 9.24. The lowest BCUT2D eigenvalue weighted by Gasteiger charge is -2.13. The molecule has 0 bridgehead atoms. The van der Waals surface area contributed by atoms with Gasteiger partial charge in [0, 0.05) is 34.5 Å². The number of hydrogen-bond acceptors (Lipinski definition) is 4. The van der Waals surface area contributed by atoms with Crippen LogP contribution in [-0.4, -0.2) is 19.6 Å². The maximum atomic E-state index is 10.9. The molecule has 0 saturated carbocycles. The first-order chi connectivity index (χ1) is 19.5. The van der Waals surface area contributed by atoms with Crippen LogP contribution in [0.1, 0.15) is 16.7 Å². The number of aromatic nitrogens is 3. The molecule has 0 spiro atoms. The van der Waals surface area contributed by atoms with E-state index in [4.69, 9.17) is 14.7 Å². The number of fused-ring (bicyclic) bond motifs is 4. The van der Waals surface area contributed by atoms with Crippen LogP contribution in [0.25, 0.3) is 49.7 Å². The van der Waals surface area contributed by atoms with Crippen LogP contribution < -0.4 is 4.74 Å². The summed E-state index contributed by atoms with van der Waals surface area (Å²) >= 11 is 0. The minimum atomic E-state index is 0.164. The number of ether oxygens (including phenoxy) is 1. The van der Waals surface area contributed by atoms with Gasteiger partial charge in [-0.05, 0) is 91.1 Å². The molecule has 5 heteroatoms. The van der Waals surface area contributed by atoms with E-state index in [9.17, 15) is 5.11 Å². The molecule has 0 atom stereocenters. The topological polar surface area (TPSA) is 60.2 Å². The van der Waals surface area contributed by atoms with Crippen molar-refractivity contribution in [2.75, 3.05) is 0 Å². The number of nitrogens with zero attached hydrogens (tertiary/aromatic N) is 3. The predicted octanol–water partition coefficient (Wildman–Crippen LogP) is 8.82. The lowest BCUT2D eigenvalue weighted by Crippen LogP contribution is -1.98. The summed E-state index contributed by atoms with van der Waals surface area (Å²) in [5.41, 5.74) is 7.82. The van der Waals surface area contributed by atoms with Crippen LogP contribution in [0.5, 0.6) is 17.4 Å². The Hall–Kier alpha value is -5.16. The molecule has 40 heavy (non-hydrogen) atoms. The Kier molecular flexibility index (Phi) is 5.53. The molecule has 0 aliphatic rings. The van der Waals surface area contributed by atoms with Gasteiger partial charge in [0.2, 0.25) is 5.88 Å². The van der Waals surface area contributed by atoms with Crippen LogP contribution in [0.2, 0.25) is 0 Å². The van der Waals surface area contributed by atoms with Gasteiger partial charge in [-0.2, -0.15) is 0 Å². The smallest absolute Gasteiger partial charge is 0.219 e. The van der Waals surface area contributed by atoms with E-state index in [-0.39, 0.29) is 5.75 Å². The number of phenolic OH excluding ortho intramolecular Hbond substituents is 1. The predicted molar refractivity (Wildman–Crippen MR) is 162 cm³/mol. The summed E-state index contributed by atoms with van der Waals surface area (Å²) in [6.07, 6.45) is 1.84. The highest BCUT2D eigenvalue weighted by Crippen LogP contribution is 2.38. The maximum absolute atomic E-state index is 10.9. The van der Waals surface area contributed by atoms with Gasteiger partial charge in [0.15, 0.2) is 0 Å². The number of phenols is 1. The quantitative estimate of drug-likeness (QED) is 0.251. The van der Waals surface area contributed by atoms with Gasteiger partial charge in [0.1, 0.15) is 22.8 Å². The highest BCUT2D eigenvalue weighted by atomic mass is 16.5. The van der Waals surface area contributed by atoms with E-state index in [1.807, 2.05) is 67.7 Å². The zero-order valence-corrected chi connectivity index (χ0v) is 22.5. The second-order valence-electron chi connectivity index (χ2n) is 10.3. The minimum Gasteiger partial charge on any atom is -0.505 e. The highest BCUT2D eigenvalue weighted by molar-refractivity contribution is 6.09. The molecule has 0 fully saturated rings. The van der Waals surface area contributed by atoms with Crippen molar-refractivity contribution >= 4 is 32.7 Å². The molecule has 7 aromatic rings. The number of pyridine rings is 2. The van der Waals surface area contributed by atoms with Crippen LogP contribution in [-0.2, 0) is 0 Å². The molecule has 0 saturated heterocycles. The Morgan fingerprint density at radius 3 is 2.23 bits per heavy atom. The molecule has 3 aromatic heterocycles. The first-order valence-corrected chi connectivity index (χ1v) is 13.3. The number of rotatable bonds is 4. The molecule has 1 N–H and O–H groups in total. The van der Waals surface area contributed by atoms with E-state index in [1.165, 1.54) is 5.56 Å². The fourth-order valence-electron chi connectivity index (χ4n) is 5.48. The normalized spacial score (nSPS) is 11.5. The first-order valence-electron chi connectivity index (χ1n) is 13.3. The third-order valence-corrected chi connectivity index (χ3v) is 7.45. The molecule has 0 amide bonds. The number of benzene rings is 4. The Bertz CT molecular complexity index is 2080. The van der Waals surface area contributed by atoms with Crippen molar-refractivity contribution < 1.29 is 9.84 Å². The van der Waals surface area contributed by atoms with Crippen LogP contribution in [0, 0.1) is 20.8 Å². The summed E-state index contributed by atoms with van der Waals surface area (Å²) in [6.45, 7) is 6.07. The van der Waals surface area contributed by atoms with Gasteiger partial charge in [0.05, 0.1) is 11.0 Å². The lowest BCUT2D eigenvalue weighted by atomic mass is 9.97. The number of aryl methyl sites for hydroxylation is 3. The van der Waals surface area contributed by atoms with Gasteiger partial charge >= 0.3 is 0 Å². The number of hydrogen-bond donors (Lipinski definition) is 1. The summed E-state index contributed by atoms with van der Waals surface area (Å²) in [7, 11) is 0. The van der Waals surface area contributed by atoms with Gasteiger partial charge < -0.3 is 9.84 Å². The van der Waals surface area contributed by atoms with E-state index < -0.39 is 0 Å². The van der Waals surface area contributed by atoms with Crippen molar-refractivity contribution in [3.8, 4) is 34.3 Å². The van der Waals surface area contributed by atoms with E-state index in [2.05, 4.69) is 60.9 Å². The monoisotopic (exact) mass is 521 g/mol. The summed E-state index contributed by atoms with van der Waals surface area (Å²) in [5.74, 6) is 2.10. The molecular formula is C35H27N3O2. The van der Waals surface area contributed by atoms with Gasteiger partial charge in [-0.15, -0.1) is 0 Å². The molecule has 5 nitrogen and oxygen atoms in total.